The molecule has 10 nitrogen and oxygen atoms in total. The Morgan fingerprint density at radius 2 is 1.68 bits per heavy atom. The summed E-state index contributed by atoms with van der Waals surface area (Å²) in [5, 5.41) is 2.60. The number of nitrogens with zero attached hydrogens (tertiary/aromatic N) is 4. The van der Waals surface area contributed by atoms with Gasteiger partial charge in [0, 0.05) is 19.3 Å². The van der Waals surface area contributed by atoms with Crippen LogP contribution in [0.25, 0.3) is 11.2 Å². The standard InChI is InChI=1S/C35H56FN5O5Si/c1-9-12-14-16-17-18-19-21-27(42)38-31-30-32(40-33(36)39-31)41(25-37-30)28-23-26(46-47(7,8)34(4,5)6)35(11-3,45-28)24-44-29(43)22-20-15-13-10-2/h3,25-26,28H,9-10,12-24H2,1-2,4-8H3,(H,38,39,40,42)/t26?,28-,35-/m1/s1. The molecule has 1 saturated heterocycles. The van der Waals surface area contributed by atoms with E-state index in [1.807, 2.05) is 0 Å². The van der Waals surface area contributed by atoms with Gasteiger partial charge in [-0.05, 0) is 31.0 Å². The van der Waals surface area contributed by atoms with Gasteiger partial charge in [0.15, 0.2) is 30.9 Å². The fourth-order valence-electron chi connectivity index (χ4n) is 5.46. The van der Waals surface area contributed by atoms with Gasteiger partial charge in [0.2, 0.25) is 5.91 Å². The fourth-order valence-corrected chi connectivity index (χ4v) is 6.81. The topological polar surface area (TPSA) is 117 Å². The number of fused-ring (bicyclic) bond motifs is 1. The van der Waals surface area contributed by atoms with Gasteiger partial charge in [-0.3, -0.25) is 14.2 Å². The molecule has 1 amide bonds. The van der Waals surface area contributed by atoms with E-state index in [0.717, 1.165) is 51.4 Å². The molecule has 1 aliphatic heterocycles. The first-order chi connectivity index (χ1) is 22.3. The van der Waals surface area contributed by atoms with Crippen molar-refractivity contribution in [2.75, 3.05) is 11.9 Å². The van der Waals surface area contributed by atoms with Crippen LogP contribution >= 0.6 is 0 Å². The van der Waals surface area contributed by atoms with Crippen LogP contribution in [-0.2, 0) is 23.5 Å². The number of terminal acetylenes is 1. The summed E-state index contributed by atoms with van der Waals surface area (Å²) in [6.45, 7) is 14.8. The fraction of sp³-hybridized carbons (Fsp3) is 0.743. The molecule has 47 heavy (non-hydrogen) atoms. The summed E-state index contributed by atoms with van der Waals surface area (Å²) < 4.78 is 35.4. The van der Waals surface area contributed by atoms with Gasteiger partial charge >= 0.3 is 12.0 Å². The summed E-state index contributed by atoms with van der Waals surface area (Å²) >= 11 is 0. The molecule has 12 heteroatoms. The van der Waals surface area contributed by atoms with Gasteiger partial charge in [-0.25, -0.2) is 4.98 Å². The number of hydrogen-bond acceptors (Lipinski definition) is 8. The van der Waals surface area contributed by atoms with Crippen molar-refractivity contribution < 1.29 is 27.9 Å². The second-order valence-electron chi connectivity index (χ2n) is 14.3. The summed E-state index contributed by atoms with van der Waals surface area (Å²) in [7, 11) is -2.36. The number of aromatic nitrogens is 4. The van der Waals surface area contributed by atoms with Crippen LogP contribution in [0.2, 0.25) is 18.1 Å². The van der Waals surface area contributed by atoms with Crippen molar-refractivity contribution >= 4 is 37.2 Å². The van der Waals surface area contributed by atoms with E-state index in [4.69, 9.17) is 20.3 Å². The van der Waals surface area contributed by atoms with Crippen molar-refractivity contribution in [1.82, 2.24) is 19.5 Å². The zero-order valence-corrected chi connectivity index (χ0v) is 30.6. The lowest BCUT2D eigenvalue weighted by Gasteiger charge is -2.41. The lowest BCUT2D eigenvalue weighted by Crippen LogP contribution is -2.52. The van der Waals surface area contributed by atoms with E-state index < -0.39 is 32.3 Å². The number of imidazole rings is 1. The number of esters is 1. The lowest BCUT2D eigenvalue weighted by molar-refractivity contribution is -0.156. The Bertz CT molecular complexity index is 1370. The van der Waals surface area contributed by atoms with Crippen molar-refractivity contribution in [2.45, 2.75) is 161 Å². The van der Waals surface area contributed by atoms with E-state index in [1.165, 1.54) is 25.6 Å². The first-order valence-corrected chi connectivity index (χ1v) is 20.4. The van der Waals surface area contributed by atoms with Gasteiger partial charge in [-0.15, -0.1) is 6.42 Å². The van der Waals surface area contributed by atoms with Gasteiger partial charge in [-0.2, -0.15) is 14.4 Å². The van der Waals surface area contributed by atoms with Crippen LogP contribution < -0.4 is 5.32 Å². The number of carbonyl (C=O) groups is 2. The van der Waals surface area contributed by atoms with Gasteiger partial charge in [-0.1, -0.05) is 98.3 Å². The van der Waals surface area contributed by atoms with E-state index in [-0.39, 0.29) is 40.5 Å². The minimum atomic E-state index is -2.36. The zero-order valence-electron chi connectivity index (χ0n) is 29.6. The molecule has 1 fully saturated rings. The van der Waals surface area contributed by atoms with Crippen LogP contribution in [-0.4, -0.2) is 58.0 Å². The molecule has 1 N–H and O–H groups in total. The molecule has 3 rings (SSSR count). The number of carbonyl (C=O) groups excluding carboxylic acids is 2. The molecule has 0 bridgehead atoms. The highest BCUT2D eigenvalue weighted by Crippen LogP contribution is 2.45. The molecule has 3 heterocycles. The average Bonchev–Trinajstić information content (AvgIpc) is 3.58. The highest BCUT2D eigenvalue weighted by Gasteiger charge is 2.54. The van der Waals surface area contributed by atoms with E-state index in [9.17, 15) is 14.0 Å². The summed E-state index contributed by atoms with van der Waals surface area (Å²) in [5.74, 6) is 2.17. The highest BCUT2D eigenvalue weighted by molar-refractivity contribution is 6.74. The van der Waals surface area contributed by atoms with Gasteiger partial charge in [0.25, 0.3) is 0 Å². The van der Waals surface area contributed by atoms with Gasteiger partial charge in [0.05, 0.1) is 12.4 Å². The summed E-state index contributed by atoms with van der Waals surface area (Å²) in [5.41, 5.74) is -0.989. The van der Waals surface area contributed by atoms with Crippen molar-refractivity contribution in [2.24, 2.45) is 0 Å². The third kappa shape index (κ3) is 10.6. The maximum absolute atomic E-state index is 14.8. The molecular formula is C35H56FN5O5Si. The number of halogens is 1. The maximum atomic E-state index is 14.8. The number of unbranched alkanes of at least 4 members (excludes halogenated alkanes) is 9. The Balaban J connectivity index is 1.81. The quantitative estimate of drug-likeness (QED) is 0.0521. The Morgan fingerprint density at radius 1 is 1.06 bits per heavy atom. The van der Waals surface area contributed by atoms with Gasteiger partial charge in [0.1, 0.15) is 12.8 Å². The lowest BCUT2D eigenvalue weighted by atomic mass is 9.99. The van der Waals surface area contributed by atoms with Crippen molar-refractivity contribution in [3.63, 3.8) is 0 Å². The normalized spacial score (nSPS) is 20.0. The molecule has 1 aliphatic rings. The first kappa shape index (κ1) is 38.6. The highest BCUT2D eigenvalue weighted by atomic mass is 28.4. The Kier molecular flexibility index (Phi) is 14.4. The summed E-state index contributed by atoms with van der Waals surface area (Å²) in [6.07, 6.45) is 17.6. The van der Waals surface area contributed by atoms with E-state index in [1.54, 1.807) is 4.57 Å². The number of amides is 1. The predicted molar refractivity (Wildman–Crippen MR) is 185 cm³/mol. The number of anilines is 1. The zero-order chi connectivity index (χ0) is 34.7. The van der Waals surface area contributed by atoms with Crippen LogP contribution in [0.1, 0.15) is 131 Å². The second kappa shape index (κ2) is 17.5. The van der Waals surface area contributed by atoms with Crippen LogP contribution in [0.15, 0.2) is 6.33 Å². The summed E-state index contributed by atoms with van der Waals surface area (Å²) in [4.78, 5) is 37.7. The SMILES string of the molecule is C#C[C@]1(COC(=O)CCCCCC)O[C@@H](n2cnc3c(NC(=O)CCCCCCCCC)nc(F)nc32)CC1O[Si](C)(C)C(C)(C)C. The van der Waals surface area contributed by atoms with Crippen molar-refractivity contribution in [3.05, 3.63) is 12.4 Å². The van der Waals surface area contributed by atoms with Crippen molar-refractivity contribution in [1.29, 1.82) is 0 Å². The number of nitrogens with one attached hydrogen (secondary N) is 1. The van der Waals surface area contributed by atoms with Crippen LogP contribution in [0, 0.1) is 18.4 Å². The third-order valence-corrected chi connectivity index (χ3v) is 13.9. The molecule has 262 valence electrons. The molecule has 2 aromatic rings. The molecular weight excluding hydrogens is 617 g/mol. The Hall–Kier alpha value is -2.88. The molecule has 0 radical (unpaired) electrons. The van der Waals surface area contributed by atoms with E-state index in [2.05, 4.69) is 73.9 Å². The smallest absolute Gasteiger partial charge is 0.312 e. The molecule has 0 spiro atoms. The minimum absolute atomic E-state index is 0.00600. The van der Waals surface area contributed by atoms with Crippen LogP contribution in [0.4, 0.5) is 10.2 Å². The average molecular weight is 674 g/mol. The van der Waals surface area contributed by atoms with E-state index in [0.29, 0.717) is 19.3 Å². The molecule has 1 unspecified atom stereocenters. The minimum Gasteiger partial charge on any atom is -0.461 e. The molecule has 0 saturated carbocycles. The van der Waals surface area contributed by atoms with Crippen LogP contribution in [0.5, 0.6) is 0 Å². The third-order valence-electron chi connectivity index (χ3n) is 9.42. The number of rotatable bonds is 19. The van der Waals surface area contributed by atoms with Crippen LogP contribution in [0.3, 0.4) is 0 Å². The predicted octanol–water partition coefficient (Wildman–Crippen LogP) is 8.24. The summed E-state index contributed by atoms with van der Waals surface area (Å²) in [6, 6.07) is 0. The monoisotopic (exact) mass is 673 g/mol. The number of ether oxygens (including phenoxy) is 2. The van der Waals surface area contributed by atoms with Gasteiger partial charge < -0.3 is 19.2 Å². The largest absolute Gasteiger partial charge is 0.461 e. The maximum Gasteiger partial charge on any atom is 0.312 e. The molecule has 0 aliphatic carbocycles. The molecule has 2 aromatic heterocycles. The Labute approximate surface area is 281 Å². The Morgan fingerprint density at radius 3 is 2.32 bits per heavy atom. The van der Waals surface area contributed by atoms with E-state index >= 15 is 0 Å². The molecule has 3 atom stereocenters. The van der Waals surface area contributed by atoms with Crippen molar-refractivity contribution in [3.8, 4) is 12.3 Å². The first-order valence-electron chi connectivity index (χ1n) is 17.5. The second-order valence-corrected chi connectivity index (χ2v) is 19.0. The molecule has 0 aromatic carbocycles. The number of hydrogen-bond donors (Lipinski definition) is 1.